The van der Waals surface area contributed by atoms with Crippen molar-refractivity contribution in [2.45, 2.75) is 32.9 Å². The number of benzene rings is 1. The van der Waals surface area contributed by atoms with Gasteiger partial charge in [0.2, 0.25) is 0 Å². The van der Waals surface area contributed by atoms with E-state index in [2.05, 4.69) is 11.9 Å². The molecule has 1 aromatic rings. The number of carbonyl (C=O) groups is 1. The molecule has 0 aliphatic carbocycles. The Labute approximate surface area is 122 Å². The van der Waals surface area contributed by atoms with E-state index in [1.54, 1.807) is 0 Å². The smallest absolute Gasteiger partial charge is 0.334 e. The molecule has 0 saturated heterocycles. The number of hydrogen-bond donors (Lipinski definition) is 1. The molecule has 0 radical (unpaired) electrons. The summed E-state index contributed by atoms with van der Waals surface area (Å²) in [5.41, 5.74) is 0.696. The van der Waals surface area contributed by atoms with Gasteiger partial charge in [-0.25, -0.2) is 0 Å². The molecule has 0 saturated carbocycles. The summed E-state index contributed by atoms with van der Waals surface area (Å²) >= 11 is 0. The molecule has 5 heteroatoms. The molecule has 1 aromatic carbocycles. The molecule has 0 aliphatic heterocycles. The molecule has 4 nitrogen and oxygen atoms in total. The molecule has 1 N–H and O–H groups in total. The maximum atomic E-state index is 11.9. The summed E-state index contributed by atoms with van der Waals surface area (Å²) in [6.07, 6.45) is 0.876. The Morgan fingerprint density at radius 2 is 1.75 bits per heavy atom. The Morgan fingerprint density at radius 3 is 2.30 bits per heavy atom. The predicted octanol–water partition coefficient (Wildman–Crippen LogP) is 2.95. The number of hydrogen-bond acceptors (Lipinski definition) is 3. The summed E-state index contributed by atoms with van der Waals surface area (Å²) < 4.78 is 11.5. The molecule has 0 aliphatic rings. The molecule has 112 valence electrons. The van der Waals surface area contributed by atoms with Crippen LogP contribution in [0.3, 0.4) is 0 Å². The first-order valence-electron chi connectivity index (χ1n) is 7.22. The fourth-order valence-corrected chi connectivity index (χ4v) is 4.51. The van der Waals surface area contributed by atoms with E-state index in [4.69, 9.17) is 8.85 Å². The van der Waals surface area contributed by atoms with E-state index < -0.39 is 8.56 Å². The van der Waals surface area contributed by atoms with Crippen LogP contribution >= 0.6 is 0 Å². The van der Waals surface area contributed by atoms with E-state index in [1.165, 1.54) is 0 Å². The Morgan fingerprint density at radius 1 is 1.15 bits per heavy atom. The topological polar surface area (TPSA) is 47.6 Å². The summed E-state index contributed by atoms with van der Waals surface area (Å²) in [5, 5.41) is 2.93. The lowest BCUT2D eigenvalue weighted by molar-refractivity contribution is 0.0952. The molecule has 0 atom stereocenters. The second-order valence-electron chi connectivity index (χ2n) is 4.73. The molecule has 0 unspecified atom stereocenters. The van der Waals surface area contributed by atoms with Crippen molar-refractivity contribution < 1.29 is 13.6 Å². The third-order valence-corrected chi connectivity index (χ3v) is 6.09. The lowest BCUT2D eigenvalue weighted by Gasteiger charge is -2.25. The zero-order valence-electron chi connectivity index (χ0n) is 12.6. The molecule has 0 fully saturated rings. The highest BCUT2D eigenvalue weighted by molar-refractivity contribution is 6.66. The lowest BCUT2D eigenvalue weighted by Crippen LogP contribution is -2.39. The SMILES string of the molecule is CCO[Si](C)(CCCNC(=O)c1ccccc1)OCC. The van der Waals surface area contributed by atoms with Gasteiger partial charge in [0.25, 0.3) is 5.91 Å². The van der Waals surface area contributed by atoms with Gasteiger partial charge in [0.1, 0.15) is 0 Å². The van der Waals surface area contributed by atoms with Crippen molar-refractivity contribution in [2.75, 3.05) is 19.8 Å². The summed E-state index contributed by atoms with van der Waals surface area (Å²) in [7, 11) is -2.05. The van der Waals surface area contributed by atoms with Gasteiger partial charge in [0.15, 0.2) is 0 Å². The van der Waals surface area contributed by atoms with Crippen LogP contribution in [0.1, 0.15) is 30.6 Å². The summed E-state index contributed by atoms with van der Waals surface area (Å²) in [6, 6.07) is 10.1. The fourth-order valence-electron chi connectivity index (χ4n) is 2.10. The highest BCUT2D eigenvalue weighted by Crippen LogP contribution is 2.15. The number of rotatable bonds is 9. The monoisotopic (exact) mass is 295 g/mol. The van der Waals surface area contributed by atoms with E-state index in [0.717, 1.165) is 12.5 Å². The molecule has 0 bridgehead atoms. The number of carbonyl (C=O) groups excluding carboxylic acids is 1. The number of amides is 1. The minimum atomic E-state index is -2.05. The van der Waals surface area contributed by atoms with Crippen LogP contribution in [0.25, 0.3) is 0 Å². The van der Waals surface area contributed by atoms with Gasteiger partial charge in [-0.3, -0.25) is 4.79 Å². The quantitative estimate of drug-likeness (QED) is 0.563. The maximum absolute atomic E-state index is 11.9. The fraction of sp³-hybridized carbons (Fsp3) is 0.533. The van der Waals surface area contributed by atoms with Gasteiger partial charge in [0, 0.05) is 25.3 Å². The average Bonchev–Trinajstić information content (AvgIpc) is 2.45. The summed E-state index contributed by atoms with van der Waals surface area (Å²) in [6.45, 7) is 8.07. The Bertz CT molecular complexity index is 391. The highest BCUT2D eigenvalue weighted by atomic mass is 28.4. The Hall–Kier alpha value is -1.17. The third kappa shape index (κ3) is 5.86. The van der Waals surface area contributed by atoms with Gasteiger partial charge < -0.3 is 14.2 Å². The first kappa shape index (κ1) is 16.9. The summed E-state index contributed by atoms with van der Waals surface area (Å²) in [4.78, 5) is 11.9. The van der Waals surface area contributed by atoms with E-state index in [1.807, 2.05) is 44.2 Å². The molecular weight excluding hydrogens is 270 g/mol. The van der Waals surface area contributed by atoms with Crippen LogP contribution in [0.15, 0.2) is 30.3 Å². The second-order valence-corrected chi connectivity index (χ2v) is 8.07. The van der Waals surface area contributed by atoms with Gasteiger partial charge in [0.05, 0.1) is 0 Å². The average molecular weight is 295 g/mol. The van der Waals surface area contributed by atoms with Crippen molar-refractivity contribution in [3.8, 4) is 0 Å². The standard InChI is InChI=1S/C15H25NO3Si/c1-4-18-20(3,19-5-2)13-9-12-16-15(17)14-10-7-6-8-11-14/h6-8,10-11H,4-5,9,12-13H2,1-3H3,(H,16,17). The van der Waals surface area contributed by atoms with Gasteiger partial charge in [-0.15, -0.1) is 0 Å². The van der Waals surface area contributed by atoms with E-state index in [0.29, 0.717) is 25.3 Å². The van der Waals surface area contributed by atoms with Crippen LogP contribution in [0.4, 0.5) is 0 Å². The Balaban J connectivity index is 2.31. The van der Waals surface area contributed by atoms with Crippen LogP contribution in [0.2, 0.25) is 12.6 Å². The van der Waals surface area contributed by atoms with Crippen molar-refractivity contribution >= 4 is 14.5 Å². The first-order valence-corrected chi connectivity index (χ1v) is 9.75. The van der Waals surface area contributed by atoms with Crippen LogP contribution < -0.4 is 5.32 Å². The molecule has 20 heavy (non-hydrogen) atoms. The van der Waals surface area contributed by atoms with Crippen molar-refractivity contribution in [2.24, 2.45) is 0 Å². The van der Waals surface area contributed by atoms with Crippen molar-refractivity contribution in [1.82, 2.24) is 5.32 Å². The molecule has 0 spiro atoms. The lowest BCUT2D eigenvalue weighted by atomic mass is 10.2. The van der Waals surface area contributed by atoms with Crippen molar-refractivity contribution in [1.29, 1.82) is 0 Å². The van der Waals surface area contributed by atoms with E-state index in [-0.39, 0.29) is 5.91 Å². The van der Waals surface area contributed by atoms with Gasteiger partial charge in [-0.1, -0.05) is 18.2 Å². The Kier molecular flexibility index (Phi) is 7.50. The van der Waals surface area contributed by atoms with Crippen LogP contribution in [0, 0.1) is 0 Å². The summed E-state index contributed by atoms with van der Waals surface area (Å²) in [5.74, 6) is -0.0261. The highest BCUT2D eigenvalue weighted by Gasteiger charge is 2.29. The predicted molar refractivity (Wildman–Crippen MR) is 83.1 cm³/mol. The first-order chi connectivity index (χ1) is 9.61. The minimum absolute atomic E-state index is 0.0261. The third-order valence-electron chi connectivity index (χ3n) is 3.03. The zero-order valence-corrected chi connectivity index (χ0v) is 13.6. The molecular formula is C15H25NO3Si. The normalized spacial score (nSPS) is 11.3. The second kappa shape index (κ2) is 8.89. The van der Waals surface area contributed by atoms with Gasteiger partial charge in [-0.05, 0) is 45.0 Å². The van der Waals surface area contributed by atoms with Crippen LogP contribution in [-0.2, 0) is 8.85 Å². The van der Waals surface area contributed by atoms with Crippen LogP contribution in [-0.4, -0.2) is 34.2 Å². The molecule has 0 heterocycles. The molecule has 1 rings (SSSR count). The van der Waals surface area contributed by atoms with E-state index >= 15 is 0 Å². The largest absolute Gasteiger partial charge is 0.395 e. The zero-order chi connectivity index (χ0) is 14.8. The minimum Gasteiger partial charge on any atom is -0.395 e. The maximum Gasteiger partial charge on any atom is 0.334 e. The number of nitrogens with one attached hydrogen (secondary N) is 1. The van der Waals surface area contributed by atoms with Crippen molar-refractivity contribution in [3.63, 3.8) is 0 Å². The molecule has 1 amide bonds. The van der Waals surface area contributed by atoms with Gasteiger partial charge >= 0.3 is 8.56 Å². The molecule has 0 aromatic heterocycles. The van der Waals surface area contributed by atoms with Gasteiger partial charge in [-0.2, -0.15) is 0 Å². The van der Waals surface area contributed by atoms with E-state index in [9.17, 15) is 4.79 Å². The van der Waals surface area contributed by atoms with Crippen LogP contribution in [0.5, 0.6) is 0 Å². The van der Waals surface area contributed by atoms with Crippen molar-refractivity contribution in [3.05, 3.63) is 35.9 Å².